The first kappa shape index (κ1) is 14.4. The van der Waals surface area contributed by atoms with Crippen LogP contribution in [0.3, 0.4) is 0 Å². The van der Waals surface area contributed by atoms with E-state index in [-0.39, 0.29) is 0 Å². The van der Waals surface area contributed by atoms with Crippen molar-refractivity contribution in [2.75, 3.05) is 0 Å². The first-order chi connectivity index (χ1) is 7.79. The molecule has 1 nitrogen and oxygen atoms in total. The molecule has 0 spiro atoms. The highest BCUT2D eigenvalue weighted by Crippen LogP contribution is 1.92. The van der Waals surface area contributed by atoms with E-state index in [0.717, 1.165) is 0 Å². The molecule has 0 unspecified atom stereocenters. The molecule has 0 aliphatic heterocycles. The Balaban J connectivity index is 0.000000244. The van der Waals surface area contributed by atoms with Crippen LogP contribution in [0.2, 0.25) is 0 Å². The zero-order valence-electron chi connectivity index (χ0n) is 10.6. The summed E-state index contributed by atoms with van der Waals surface area (Å²) >= 11 is 0. The van der Waals surface area contributed by atoms with Gasteiger partial charge in [-0.1, -0.05) is 49.7 Å². The van der Waals surface area contributed by atoms with Crippen molar-refractivity contribution in [2.45, 2.75) is 27.7 Å². The van der Waals surface area contributed by atoms with E-state index in [9.17, 15) is 0 Å². The van der Waals surface area contributed by atoms with Gasteiger partial charge in [-0.15, -0.1) is 0 Å². The number of hydrogen-bond donors (Lipinski definition) is 0. The van der Waals surface area contributed by atoms with E-state index in [2.05, 4.69) is 24.0 Å². The predicted octanol–water partition coefficient (Wildman–Crippen LogP) is 4.41. The molecular weight excluding hydrogens is 194 g/mol. The van der Waals surface area contributed by atoms with Crippen LogP contribution in [-0.4, -0.2) is 4.98 Å². The van der Waals surface area contributed by atoms with Gasteiger partial charge < -0.3 is 0 Å². The lowest BCUT2D eigenvalue weighted by Gasteiger charge is -1.82. The van der Waals surface area contributed by atoms with E-state index >= 15 is 0 Å². The summed E-state index contributed by atoms with van der Waals surface area (Å²) in [6, 6.07) is 14.2. The summed E-state index contributed by atoms with van der Waals surface area (Å²) < 4.78 is 0. The average Bonchev–Trinajstić information content (AvgIpc) is 2.34. The van der Waals surface area contributed by atoms with Crippen LogP contribution >= 0.6 is 0 Å². The second-order valence-electron chi connectivity index (χ2n) is 3.18. The Labute approximate surface area is 99.2 Å². The van der Waals surface area contributed by atoms with Crippen molar-refractivity contribution < 1.29 is 0 Å². The predicted molar refractivity (Wildman–Crippen MR) is 71.5 cm³/mol. The van der Waals surface area contributed by atoms with Crippen LogP contribution in [0.1, 0.15) is 25.0 Å². The van der Waals surface area contributed by atoms with Crippen LogP contribution in [0.5, 0.6) is 0 Å². The molecule has 0 fully saturated rings. The first-order valence-corrected chi connectivity index (χ1v) is 5.67. The van der Waals surface area contributed by atoms with Crippen molar-refractivity contribution in [2.24, 2.45) is 0 Å². The molecule has 0 bridgehead atoms. The Hall–Kier alpha value is -1.63. The fourth-order valence-electron chi connectivity index (χ4n) is 0.961. The highest BCUT2D eigenvalue weighted by atomic mass is 14.6. The second kappa shape index (κ2) is 9.91. The molecule has 0 saturated carbocycles. The van der Waals surface area contributed by atoms with Crippen LogP contribution < -0.4 is 0 Å². The van der Waals surface area contributed by atoms with Crippen LogP contribution in [0.25, 0.3) is 0 Å². The van der Waals surface area contributed by atoms with Gasteiger partial charge in [-0.05, 0) is 31.5 Å². The minimum absolute atomic E-state index is 1.26. The van der Waals surface area contributed by atoms with Crippen molar-refractivity contribution in [3.8, 4) is 0 Å². The van der Waals surface area contributed by atoms with Crippen LogP contribution in [0, 0.1) is 13.8 Å². The normalized spacial score (nSPS) is 8.00. The Morgan fingerprint density at radius 3 is 1.38 bits per heavy atom. The van der Waals surface area contributed by atoms with Crippen LogP contribution in [-0.2, 0) is 0 Å². The lowest BCUT2D eigenvalue weighted by Crippen LogP contribution is -1.68. The Morgan fingerprint density at radius 2 is 1.12 bits per heavy atom. The zero-order chi connectivity index (χ0) is 12.2. The maximum absolute atomic E-state index is 3.85. The zero-order valence-corrected chi connectivity index (χ0v) is 10.6. The molecule has 0 N–H and O–H groups in total. The van der Waals surface area contributed by atoms with Gasteiger partial charge in [0.05, 0.1) is 0 Å². The Kier molecular flexibility index (Phi) is 8.90. The number of benzene rings is 1. The van der Waals surface area contributed by atoms with Crippen LogP contribution in [0.4, 0.5) is 0 Å². The molecule has 2 rings (SSSR count). The standard InChI is InChI=1S/C7H8.C6H7N.C2H6/c1-7-5-3-2-4-6-7;1-6-2-4-7-5-3-6;1-2/h2-6H,1H3;2-5H,1H3;1-2H3. The van der Waals surface area contributed by atoms with Crippen molar-refractivity contribution in [3.63, 3.8) is 0 Å². The maximum atomic E-state index is 3.85. The topological polar surface area (TPSA) is 12.9 Å². The Bertz CT molecular complexity index is 303. The van der Waals surface area contributed by atoms with E-state index in [0.29, 0.717) is 0 Å². The monoisotopic (exact) mass is 215 g/mol. The third kappa shape index (κ3) is 7.74. The minimum Gasteiger partial charge on any atom is -0.265 e. The molecule has 86 valence electrons. The van der Waals surface area contributed by atoms with Crippen molar-refractivity contribution >= 4 is 0 Å². The molecule has 0 amide bonds. The molecular formula is C15H21N. The van der Waals surface area contributed by atoms with Gasteiger partial charge in [0.2, 0.25) is 0 Å². The van der Waals surface area contributed by atoms with E-state index in [4.69, 9.17) is 0 Å². The van der Waals surface area contributed by atoms with E-state index in [1.807, 2.05) is 51.1 Å². The number of aryl methyl sites for hydroxylation is 2. The summed E-state index contributed by atoms with van der Waals surface area (Å²) in [6.07, 6.45) is 3.57. The van der Waals surface area contributed by atoms with Crippen molar-refractivity contribution in [1.29, 1.82) is 0 Å². The summed E-state index contributed by atoms with van der Waals surface area (Å²) in [5.41, 5.74) is 2.58. The van der Waals surface area contributed by atoms with Crippen LogP contribution in [0.15, 0.2) is 54.9 Å². The average molecular weight is 215 g/mol. The molecule has 2 aromatic rings. The van der Waals surface area contributed by atoms with Gasteiger partial charge in [0, 0.05) is 12.4 Å². The SMILES string of the molecule is CC.Cc1ccccc1.Cc1ccncc1. The van der Waals surface area contributed by atoms with Crippen molar-refractivity contribution in [1.82, 2.24) is 4.98 Å². The third-order valence-electron chi connectivity index (χ3n) is 1.79. The van der Waals surface area contributed by atoms with Gasteiger partial charge in [-0.25, -0.2) is 0 Å². The molecule has 1 aromatic carbocycles. The number of aromatic nitrogens is 1. The van der Waals surface area contributed by atoms with E-state index < -0.39 is 0 Å². The molecule has 0 saturated heterocycles. The minimum atomic E-state index is 1.26. The molecule has 0 atom stereocenters. The Morgan fingerprint density at radius 1 is 0.688 bits per heavy atom. The van der Waals surface area contributed by atoms with Gasteiger partial charge >= 0.3 is 0 Å². The third-order valence-corrected chi connectivity index (χ3v) is 1.79. The highest BCUT2D eigenvalue weighted by Gasteiger charge is 1.73. The van der Waals surface area contributed by atoms with Gasteiger partial charge in [0.1, 0.15) is 0 Å². The van der Waals surface area contributed by atoms with E-state index in [1.165, 1.54) is 11.1 Å². The highest BCUT2D eigenvalue weighted by molar-refractivity contribution is 5.11. The number of nitrogens with zero attached hydrogens (tertiary/aromatic N) is 1. The summed E-state index contributed by atoms with van der Waals surface area (Å²) in [5, 5.41) is 0. The molecule has 16 heavy (non-hydrogen) atoms. The number of hydrogen-bond acceptors (Lipinski definition) is 1. The maximum Gasteiger partial charge on any atom is 0.0270 e. The number of rotatable bonds is 0. The second-order valence-corrected chi connectivity index (χ2v) is 3.18. The quantitative estimate of drug-likeness (QED) is 0.634. The lowest BCUT2D eigenvalue weighted by atomic mass is 10.2. The molecule has 1 aromatic heterocycles. The molecule has 0 aliphatic carbocycles. The summed E-state index contributed by atoms with van der Waals surface area (Å²) in [5.74, 6) is 0. The van der Waals surface area contributed by atoms with Gasteiger partial charge in [0.25, 0.3) is 0 Å². The van der Waals surface area contributed by atoms with Crippen molar-refractivity contribution in [3.05, 3.63) is 66.0 Å². The van der Waals surface area contributed by atoms with Gasteiger partial charge in [-0.3, -0.25) is 4.98 Å². The van der Waals surface area contributed by atoms with Gasteiger partial charge in [0.15, 0.2) is 0 Å². The molecule has 1 heterocycles. The molecule has 0 radical (unpaired) electrons. The summed E-state index contributed by atoms with van der Waals surface area (Å²) in [4.78, 5) is 3.85. The largest absolute Gasteiger partial charge is 0.265 e. The smallest absolute Gasteiger partial charge is 0.0270 e. The fourth-order valence-corrected chi connectivity index (χ4v) is 0.961. The lowest BCUT2D eigenvalue weighted by molar-refractivity contribution is 1.29. The fraction of sp³-hybridized carbons (Fsp3) is 0.267. The van der Waals surface area contributed by atoms with Gasteiger partial charge in [-0.2, -0.15) is 0 Å². The molecule has 1 heteroatoms. The first-order valence-electron chi connectivity index (χ1n) is 5.67. The summed E-state index contributed by atoms with van der Waals surface area (Å²) in [6.45, 7) is 8.13. The van der Waals surface area contributed by atoms with E-state index in [1.54, 1.807) is 12.4 Å². The summed E-state index contributed by atoms with van der Waals surface area (Å²) in [7, 11) is 0. The number of pyridine rings is 1. The molecule has 0 aliphatic rings.